The Hall–Kier alpha value is -3.11. The van der Waals surface area contributed by atoms with Crippen LogP contribution in [-0.2, 0) is 21.4 Å². The van der Waals surface area contributed by atoms with Crippen LogP contribution in [0.1, 0.15) is 15.9 Å². The molecule has 1 unspecified atom stereocenters. The molecule has 0 fully saturated rings. The molecule has 1 aliphatic rings. The molecule has 0 saturated heterocycles. The standard InChI is InChI=1S/C22H17Cl2N3O5S/c23-15-10-17(24)19-18(11-15)26-20(22(29)30)27(33(19,31)32)12-13-5-4-8-16(9-13)25-21(28)14-6-2-1-3-7-14/h1-11,20,26H,12H2,(H,25,28)(H,29,30). The Morgan fingerprint density at radius 1 is 1.03 bits per heavy atom. The van der Waals surface area contributed by atoms with Crippen molar-refractivity contribution in [1.82, 2.24) is 4.31 Å². The lowest BCUT2D eigenvalue weighted by Gasteiger charge is -2.35. The summed E-state index contributed by atoms with van der Waals surface area (Å²) < 4.78 is 27.5. The molecule has 0 radical (unpaired) electrons. The van der Waals surface area contributed by atoms with Crippen LogP contribution in [0.5, 0.6) is 0 Å². The number of hydrogen-bond acceptors (Lipinski definition) is 5. The number of amides is 1. The average molecular weight is 506 g/mol. The van der Waals surface area contributed by atoms with Crippen LogP contribution in [0.15, 0.2) is 71.6 Å². The largest absolute Gasteiger partial charge is 0.479 e. The number of nitrogens with one attached hydrogen (secondary N) is 2. The van der Waals surface area contributed by atoms with Crippen molar-refractivity contribution in [2.24, 2.45) is 0 Å². The Morgan fingerprint density at radius 3 is 2.45 bits per heavy atom. The highest BCUT2D eigenvalue weighted by Crippen LogP contribution is 2.40. The molecule has 0 bridgehead atoms. The fourth-order valence-corrected chi connectivity index (χ4v) is 5.95. The van der Waals surface area contributed by atoms with Gasteiger partial charge in [-0.3, -0.25) is 4.79 Å². The van der Waals surface area contributed by atoms with Crippen LogP contribution in [0, 0.1) is 0 Å². The van der Waals surface area contributed by atoms with Gasteiger partial charge >= 0.3 is 5.97 Å². The molecular formula is C22H17Cl2N3O5S. The number of rotatable bonds is 5. The molecule has 0 saturated carbocycles. The number of carbonyl (C=O) groups excluding carboxylic acids is 1. The lowest BCUT2D eigenvalue weighted by Crippen LogP contribution is -2.52. The minimum absolute atomic E-state index is 0.0139. The summed E-state index contributed by atoms with van der Waals surface area (Å²) in [5, 5.41) is 15.2. The van der Waals surface area contributed by atoms with E-state index in [4.69, 9.17) is 23.2 Å². The monoisotopic (exact) mass is 505 g/mol. The number of sulfonamides is 1. The van der Waals surface area contributed by atoms with Gasteiger partial charge in [-0.05, 0) is 42.0 Å². The topological polar surface area (TPSA) is 116 Å². The maximum absolute atomic E-state index is 13.3. The van der Waals surface area contributed by atoms with Gasteiger partial charge in [-0.25, -0.2) is 13.2 Å². The quantitative estimate of drug-likeness (QED) is 0.476. The summed E-state index contributed by atoms with van der Waals surface area (Å²) in [6.45, 7) is -0.278. The van der Waals surface area contributed by atoms with E-state index in [0.29, 0.717) is 16.8 Å². The minimum atomic E-state index is -4.29. The molecule has 8 nitrogen and oxygen atoms in total. The highest BCUT2D eigenvalue weighted by atomic mass is 35.5. The van der Waals surface area contributed by atoms with E-state index < -0.39 is 22.2 Å². The van der Waals surface area contributed by atoms with Crippen LogP contribution in [-0.4, -0.2) is 35.9 Å². The van der Waals surface area contributed by atoms with Crippen molar-refractivity contribution in [1.29, 1.82) is 0 Å². The van der Waals surface area contributed by atoms with E-state index in [1.807, 2.05) is 0 Å². The number of carboxylic acids is 1. The van der Waals surface area contributed by atoms with Gasteiger partial charge in [0.1, 0.15) is 4.90 Å². The van der Waals surface area contributed by atoms with Crippen LogP contribution < -0.4 is 10.6 Å². The molecule has 1 amide bonds. The van der Waals surface area contributed by atoms with Crippen molar-refractivity contribution < 1.29 is 23.1 Å². The first kappa shape index (κ1) is 23.1. The van der Waals surface area contributed by atoms with Crippen LogP contribution in [0.25, 0.3) is 0 Å². The molecule has 0 aromatic heterocycles. The molecule has 170 valence electrons. The third kappa shape index (κ3) is 4.67. The van der Waals surface area contributed by atoms with E-state index >= 15 is 0 Å². The summed E-state index contributed by atoms with van der Waals surface area (Å²) >= 11 is 12.1. The molecular weight excluding hydrogens is 489 g/mol. The van der Waals surface area contributed by atoms with Crippen molar-refractivity contribution in [2.75, 3.05) is 10.6 Å². The van der Waals surface area contributed by atoms with Crippen molar-refractivity contribution in [2.45, 2.75) is 17.6 Å². The summed E-state index contributed by atoms with van der Waals surface area (Å²) in [4.78, 5) is 24.1. The molecule has 11 heteroatoms. The van der Waals surface area contributed by atoms with Gasteiger partial charge in [0.15, 0.2) is 6.17 Å². The summed E-state index contributed by atoms with van der Waals surface area (Å²) in [6.07, 6.45) is -1.58. The van der Waals surface area contributed by atoms with Crippen molar-refractivity contribution in [3.05, 3.63) is 87.9 Å². The van der Waals surface area contributed by atoms with Crippen LogP contribution in [0.4, 0.5) is 11.4 Å². The first-order valence-corrected chi connectivity index (χ1v) is 11.8. The van der Waals surface area contributed by atoms with Gasteiger partial charge in [0.05, 0.1) is 10.7 Å². The second kappa shape index (κ2) is 9.03. The summed E-state index contributed by atoms with van der Waals surface area (Å²) in [5.41, 5.74) is 1.37. The Morgan fingerprint density at radius 2 is 1.76 bits per heavy atom. The molecule has 3 aromatic carbocycles. The lowest BCUT2D eigenvalue weighted by atomic mass is 10.1. The van der Waals surface area contributed by atoms with Gasteiger partial charge < -0.3 is 15.7 Å². The molecule has 0 spiro atoms. The second-order valence-electron chi connectivity index (χ2n) is 7.22. The number of hydrogen-bond donors (Lipinski definition) is 3. The number of nitrogens with zero attached hydrogens (tertiary/aromatic N) is 1. The number of benzene rings is 3. The summed E-state index contributed by atoms with van der Waals surface area (Å²) in [6, 6.07) is 17.7. The van der Waals surface area contributed by atoms with Crippen LogP contribution in [0.3, 0.4) is 0 Å². The van der Waals surface area contributed by atoms with E-state index in [-0.39, 0.29) is 33.1 Å². The van der Waals surface area contributed by atoms with Crippen molar-refractivity contribution in [3.63, 3.8) is 0 Å². The summed E-state index contributed by atoms with van der Waals surface area (Å²) in [7, 11) is -4.29. The zero-order valence-electron chi connectivity index (χ0n) is 16.8. The first-order valence-electron chi connectivity index (χ1n) is 9.62. The van der Waals surface area contributed by atoms with E-state index in [1.54, 1.807) is 54.6 Å². The minimum Gasteiger partial charge on any atom is -0.479 e. The predicted molar refractivity (Wildman–Crippen MR) is 125 cm³/mol. The highest BCUT2D eigenvalue weighted by molar-refractivity contribution is 7.89. The van der Waals surface area contributed by atoms with Gasteiger partial charge in [-0.1, -0.05) is 53.5 Å². The van der Waals surface area contributed by atoms with Gasteiger partial charge in [-0.15, -0.1) is 0 Å². The van der Waals surface area contributed by atoms with Crippen LogP contribution >= 0.6 is 23.2 Å². The highest BCUT2D eigenvalue weighted by Gasteiger charge is 2.43. The maximum atomic E-state index is 13.3. The molecule has 0 aliphatic carbocycles. The van der Waals surface area contributed by atoms with E-state index in [0.717, 1.165) is 4.31 Å². The smallest absolute Gasteiger partial charge is 0.342 e. The van der Waals surface area contributed by atoms with Crippen molar-refractivity contribution >= 4 is 56.5 Å². The number of fused-ring (bicyclic) bond motifs is 1. The predicted octanol–water partition coefficient (Wildman–Crippen LogP) is 4.27. The Kier molecular flexibility index (Phi) is 6.31. The summed E-state index contributed by atoms with van der Waals surface area (Å²) in [5.74, 6) is -1.73. The van der Waals surface area contributed by atoms with Gasteiger partial charge in [-0.2, -0.15) is 4.31 Å². The van der Waals surface area contributed by atoms with Gasteiger partial charge in [0.25, 0.3) is 5.91 Å². The van der Waals surface area contributed by atoms with Crippen LogP contribution in [0.2, 0.25) is 10.0 Å². The Balaban J connectivity index is 1.65. The lowest BCUT2D eigenvalue weighted by molar-refractivity contribution is -0.140. The zero-order chi connectivity index (χ0) is 23.8. The number of aliphatic carboxylic acids is 1. The molecule has 1 aliphatic heterocycles. The average Bonchev–Trinajstić information content (AvgIpc) is 2.75. The van der Waals surface area contributed by atoms with Crippen molar-refractivity contribution in [3.8, 4) is 0 Å². The molecule has 1 atom stereocenters. The normalized spacial score (nSPS) is 17.0. The molecule has 1 heterocycles. The third-order valence-electron chi connectivity index (χ3n) is 4.95. The molecule has 3 N–H and O–H groups in total. The number of carbonyl (C=O) groups is 2. The Labute approximate surface area is 199 Å². The molecule has 3 aromatic rings. The number of halogens is 2. The Bertz CT molecular complexity index is 1350. The maximum Gasteiger partial charge on any atom is 0.342 e. The number of anilines is 2. The van der Waals surface area contributed by atoms with Gasteiger partial charge in [0, 0.05) is 22.8 Å². The zero-order valence-corrected chi connectivity index (χ0v) is 19.2. The SMILES string of the molecule is O=C(Nc1cccc(CN2C(C(=O)O)Nc3cc(Cl)cc(Cl)c3S2(=O)=O)c1)c1ccccc1. The first-order chi connectivity index (χ1) is 15.7. The fraction of sp³-hybridized carbons (Fsp3) is 0.0909. The van der Waals surface area contributed by atoms with Gasteiger partial charge in [0.2, 0.25) is 10.0 Å². The fourth-order valence-electron chi connectivity index (χ4n) is 3.49. The van der Waals surface area contributed by atoms with E-state index in [1.165, 1.54) is 12.1 Å². The van der Waals surface area contributed by atoms with E-state index in [2.05, 4.69) is 10.6 Å². The number of carboxylic acid groups (broad SMARTS) is 1. The molecule has 4 rings (SSSR count). The second-order valence-corrected chi connectivity index (χ2v) is 9.89. The molecule has 33 heavy (non-hydrogen) atoms. The van der Waals surface area contributed by atoms with E-state index in [9.17, 15) is 23.1 Å². The third-order valence-corrected chi connectivity index (χ3v) is 7.49.